The standard InChI is InChI=1S/C50H59ClF3N9O8/c1-29(35-22-36(50(52,53)54)25-37(23-35)58-49(68)69)55-45-39-26-38(43(70-3)27-41(39)56-30(2)57-45)32-4-6-33(7-5-32)46(65)62-18-16-60(17-19-62)20-21-71-28-31-10-13-61(14-11-31)47(66)34-8-9-40(51)42(24-34)63-15-12-44(64)59-48(63)67/h8-9,22-27,29,31-33,58H,4-7,10-21,28H2,1-3H3,(H,68,69)(H,55,56,57)(H,59,64,67)/t29-,32?,33?/m1/s1. The summed E-state index contributed by atoms with van der Waals surface area (Å²) in [5.74, 6) is 1.52. The number of piperazine rings is 1. The summed E-state index contributed by atoms with van der Waals surface area (Å²) in [6.07, 6.45) is -1.47. The van der Waals surface area contributed by atoms with Gasteiger partial charge in [0.05, 0.1) is 41.5 Å². The topological polar surface area (TPSA) is 199 Å². The highest BCUT2D eigenvalue weighted by Gasteiger charge is 2.35. The van der Waals surface area contributed by atoms with Crippen LogP contribution in [0.5, 0.6) is 5.75 Å². The smallest absolute Gasteiger partial charge is 0.416 e. The molecule has 0 unspecified atom stereocenters. The number of alkyl halides is 3. The number of rotatable bonds is 14. The third kappa shape index (κ3) is 12.3. The molecule has 3 aliphatic heterocycles. The van der Waals surface area contributed by atoms with Gasteiger partial charge >= 0.3 is 18.3 Å². The summed E-state index contributed by atoms with van der Waals surface area (Å²) < 4.78 is 53.5. The molecule has 1 aromatic heterocycles. The van der Waals surface area contributed by atoms with Gasteiger partial charge in [-0.3, -0.25) is 34.8 Å². The van der Waals surface area contributed by atoms with Crippen LogP contribution in [0.3, 0.4) is 0 Å². The number of fused-ring (bicyclic) bond motifs is 1. The lowest BCUT2D eigenvalue weighted by atomic mass is 9.77. The van der Waals surface area contributed by atoms with E-state index in [1.165, 1.54) is 11.0 Å². The highest BCUT2D eigenvalue weighted by atomic mass is 35.5. The number of nitrogens with one attached hydrogen (secondary N) is 3. The maximum Gasteiger partial charge on any atom is 0.416 e. The molecule has 1 saturated carbocycles. The monoisotopic (exact) mass is 1010 g/mol. The molecule has 1 aliphatic carbocycles. The summed E-state index contributed by atoms with van der Waals surface area (Å²) in [5, 5.41) is 17.8. The molecule has 3 saturated heterocycles. The minimum atomic E-state index is -4.70. The number of carbonyl (C=O) groups excluding carboxylic acids is 4. The Bertz CT molecular complexity index is 2650. The second-order valence-electron chi connectivity index (χ2n) is 18.8. The molecule has 17 nitrogen and oxygen atoms in total. The van der Waals surface area contributed by atoms with Crippen molar-refractivity contribution in [3.63, 3.8) is 0 Å². The number of aromatic nitrogens is 2. The Morgan fingerprint density at radius 3 is 2.32 bits per heavy atom. The molecule has 380 valence electrons. The normalized spacial score (nSPS) is 19.9. The fourth-order valence-corrected chi connectivity index (χ4v) is 10.3. The summed E-state index contributed by atoms with van der Waals surface area (Å²) in [6.45, 7) is 9.51. The number of hydrogen-bond acceptors (Lipinski definition) is 11. The molecule has 4 aliphatic rings. The lowest BCUT2D eigenvalue weighted by molar-refractivity contribution is -0.139. The molecule has 4 fully saturated rings. The maximum absolute atomic E-state index is 13.8. The predicted octanol–water partition coefficient (Wildman–Crippen LogP) is 8.32. The Hall–Kier alpha value is -6.25. The first-order valence-electron chi connectivity index (χ1n) is 24.1. The van der Waals surface area contributed by atoms with Gasteiger partial charge in [0.2, 0.25) is 11.8 Å². The Morgan fingerprint density at radius 1 is 0.915 bits per heavy atom. The quantitative estimate of drug-likeness (QED) is 0.0883. The van der Waals surface area contributed by atoms with Crippen LogP contribution >= 0.6 is 11.6 Å². The second kappa shape index (κ2) is 22.0. The van der Waals surface area contributed by atoms with Crippen LogP contribution in [0.25, 0.3) is 10.9 Å². The number of piperidine rings is 1. The lowest BCUT2D eigenvalue weighted by Crippen LogP contribution is -2.51. The Morgan fingerprint density at radius 2 is 1.65 bits per heavy atom. The molecule has 1 atom stereocenters. The number of benzene rings is 3. The fourth-order valence-electron chi connectivity index (χ4n) is 10.1. The molecule has 0 radical (unpaired) electrons. The molecule has 8 rings (SSSR count). The van der Waals surface area contributed by atoms with Crippen molar-refractivity contribution >= 4 is 69.5 Å². The number of ether oxygens (including phenoxy) is 2. The van der Waals surface area contributed by atoms with Gasteiger partial charge < -0.3 is 29.7 Å². The number of anilines is 3. The largest absolute Gasteiger partial charge is 0.496 e. The summed E-state index contributed by atoms with van der Waals surface area (Å²) in [7, 11) is 1.60. The first-order valence-corrected chi connectivity index (χ1v) is 24.5. The number of hydrogen-bond donors (Lipinski definition) is 4. The van der Waals surface area contributed by atoms with Crippen LogP contribution in [0.15, 0.2) is 48.5 Å². The van der Waals surface area contributed by atoms with Crippen LogP contribution in [0.1, 0.15) is 96.7 Å². The third-order valence-corrected chi connectivity index (χ3v) is 14.4. The van der Waals surface area contributed by atoms with Gasteiger partial charge in [-0.1, -0.05) is 11.6 Å². The van der Waals surface area contributed by atoms with Crippen molar-refractivity contribution in [2.75, 3.05) is 88.2 Å². The zero-order valence-corrected chi connectivity index (χ0v) is 40.7. The summed E-state index contributed by atoms with van der Waals surface area (Å²) in [6, 6.07) is 10.5. The van der Waals surface area contributed by atoms with Gasteiger partial charge in [-0.15, -0.1) is 0 Å². The van der Waals surface area contributed by atoms with Gasteiger partial charge in [-0.05, 0) is 118 Å². The van der Waals surface area contributed by atoms with Gasteiger partial charge in [-0.25, -0.2) is 19.6 Å². The molecule has 0 spiro atoms. The van der Waals surface area contributed by atoms with E-state index in [4.69, 9.17) is 21.1 Å². The van der Waals surface area contributed by atoms with Crippen LogP contribution in [0.4, 0.5) is 40.0 Å². The van der Waals surface area contributed by atoms with E-state index in [1.54, 1.807) is 39.2 Å². The van der Waals surface area contributed by atoms with Crippen LogP contribution in [-0.4, -0.2) is 132 Å². The van der Waals surface area contributed by atoms with Crippen molar-refractivity contribution in [3.8, 4) is 5.75 Å². The number of amides is 6. The zero-order chi connectivity index (χ0) is 50.6. The predicted molar refractivity (Wildman–Crippen MR) is 260 cm³/mol. The molecule has 4 N–H and O–H groups in total. The van der Waals surface area contributed by atoms with E-state index in [9.17, 15) is 42.3 Å². The first-order chi connectivity index (χ1) is 33.9. The van der Waals surface area contributed by atoms with Gasteiger partial charge in [-0.2, -0.15) is 13.2 Å². The Labute approximate surface area is 414 Å². The Balaban J connectivity index is 0.782. The average molecular weight is 1010 g/mol. The van der Waals surface area contributed by atoms with Gasteiger partial charge in [0.1, 0.15) is 17.4 Å². The minimum Gasteiger partial charge on any atom is -0.496 e. The van der Waals surface area contributed by atoms with Crippen molar-refractivity contribution < 1.29 is 51.7 Å². The molecule has 4 aromatic rings. The minimum absolute atomic E-state index is 0.0832. The van der Waals surface area contributed by atoms with E-state index >= 15 is 0 Å². The van der Waals surface area contributed by atoms with E-state index in [-0.39, 0.29) is 53.8 Å². The number of urea groups is 1. The number of carbonyl (C=O) groups is 5. The molecule has 0 bridgehead atoms. The van der Waals surface area contributed by atoms with E-state index in [2.05, 4.69) is 25.5 Å². The van der Waals surface area contributed by atoms with Crippen molar-refractivity contribution in [1.82, 2.24) is 30.0 Å². The number of likely N-dealkylation sites (tertiary alicyclic amines) is 1. The van der Waals surface area contributed by atoms with Crippen molar-refractivity contribution in [2.24, 2.45) is 11.8 Å². The summed E-state index contributed by atoms with van der Waals surface area (Å²) >= 11 is 6.39. The first kappa shape index (κ1) is 51.1. The Kier molecular flexibility index (Phi) is 15.9. The van der Waals surface area contributed by atoms with Crippen LogP contribution in [0.2, 0.25) is 5.02 Å². The number of aryl methyl sites for hydroxylation is 1. The van der Waals surface area contributed by atoms with E-state index in [0.717, 1.165) is 63.0 Å². The second-order valence-corrected chi connectivity index (χ2v) is 19.2. The van der Waals surface area contributed by atoms with Crippen LogP contribution in [0, 0.1) is 18.8 Å². The van der Waals surface area contributed by atoms with Crippen LogP contribution < -0.4 is 25.6 Å². The fraction of sp³-hybridized carbons (Fsp3) is 0.500. The third-order valence-electron chi connectivity index (χ3n) is 14.1. The van der Waals surface area contributed by atoms with Crippen molar-refractivity contribution in [2.45, 2.75) is 76.9 Å². The molecule has 71 heavy (non-hydrogen) atoms. The van der Waals surface area contributed by atoms with E-state index in [0.29, 0.717) is 103 Å². The molecule has 4 heterocycles. The van der Waals surface area contributed by atoms with Crippen LogP contribution in [-0.2, 0) is 20.5 Å². The van der Waals surface area contributed by atoms with Crippen molar-refractivity contribution in [3.05, 3.63) is 81.6 Å². The number of carboxylic acid groups (broad SMARTS) is 1. The molecular weight excluding hydrogens is 947 g/mol. The molecule has 6 amide bonds. The number of nitrogens with zero attached hydrogens (tertiary/aromatic N) is 6. The summed E-state index contributed by atoms with van der Waals surface area (Å²) in [5.41, 5.74) is 1.37. The van der Waals surface area contributed by atoms with Gasteiger partial charge in [0.25, 0.3) is 5.91 Å². The molecule has 3 aromatic carbocycles. The lowest BCUT2D eigenvalue weighted by Gasteiger charge is -2.38. The number of imide groups is 1. The SMILES string of the molecule is COc1cc2nc(C)nc(N[C@H](C)c3cc(NC(=O)O)cc(C(F)(F)F)c3)c2cc1C1CCC(C(=O)N2CCN(CCOCC3CCN(C(=O)c4ccc(Cl)c(N5CCC(=O)NC5=O)c4)CC3)CC2)CC1. The van der Waals surface area contributed by atoms with E-state index in [1.807, 2.05) is 27.2 Å². The van der Waals surface area contributed by atoms with E-state index < -0.39 is 29.9 Å². The zero-order valence-electron chi connectivity index (χ0n) is 39.9. The average Bonchev–Trinajstić information content (AvgIpc) is 3.34. The summed E-state index contributed by atoms with van der Waals surface area (Å²) in [4.78, 5) is 79.4. The van der Waals surface area contributed by atoms with Crippen molar-refractivity contribution in [1.29, 1.82) is 0 Å². The highest BCUT2D eigenvalue weighted by molar-refractivity contribution is 6.34. The van der Waals surface area contributed by atoms with Gasteiger partial charge in [0, 0.05) is 94.0 Å². The number of halogens is 4. The molecule has 21 heteroatoms. The van der Waals surface area contributed by atoms with Gasteiger partial charge in [0.15, 0.2) is 0 Å². The maximum atomic E-state index is 13.8. The number of methoxy groups -OCH3 is 1. The molecular formula is C50H59ClF3N9O8. The highest BCUT2D eigenvalue weighted by Crippen LogP contribution is 2.43.